The number of pyridine rings is 1. The van der Waals surface area contributed by atoms with Gasteiger partial charge in [-0.15, -0.1) is 0 Å². The molecule has 4 N–H and O–H groups in total. The normalized spacial score (nSPS) is 11.8. The summed E-state index contributed by atoms with van der Waals surface area (Å²) in [7, 11) is 0. The van der Waals surface area contributed by atoms with E-state index in [0.29, 0.717) is 27.5 Å². The van der Waals surface area contributed by atoms with Crippen LogP contribution in [0, 0.1) is 0 Å². The maximum Gasteiger partial charge on any atom is 0.257 e. The minimum atomic E-state index is -1.97. The van der Waals surface area contributed by atoms with Gasteiger partial charge in [-0.3, -0.25) is 9.78 Å². The molecule has 1 heterocycles. The van der Waals surface area contributed by atoms with Gasteiger partial charge in [0.05, 0.1) is 22.0 Å². The molecule has 0 aliphatic carbocycles. The highest BCUT2D eigenvalue weighted by atomic mass is 35.5. The summed E-state index contributed by atoms with van der Waals surface area (Å²) in [6.07, 6.45) is 1.67. The quantitative estimate of drug-likeness (QED) is 0.443. The van der Waals surface area contributed by atoms with Gasteiger partial charge in [-0.1, -0.05) is 23.7 Å². The molecule has 3 aromatic rings. The van der Waals surface area contributed by atoms with Crippen molar-refractivity contribution >= 4 is 40.0 Å². The van der Waals surface area contributed by atoms with Crippen molar-refractivity contribution in [1.29, 1.82) is 0 Å². The molecule has 1 unspecified atom stereocenters. The second kappa shape index (κ2) is 8.30. The van der Waals surface area contributed by atoms with Crippen molar-refractivity contribution in [3.05, 3.63) is 76.9 Å². The Kier molecular flexibility index (Phi) is 5.85. The van der Waals surface area contributed by atoms with Gasteiger partial charge < -0.3 is 15.6 Å². The summed E-state index contributed by atoms with van der Waals surface area (Å²) in [6.45, 7) is 0. The van der Waals surface area contributed by atoms with Crippen LogP contribution in [-0.2, 0) is 16.8 Å². The van der Waals surface area contributed by atoms with Gasteiger partial charge in [0, 0.05) is 23.1 Å². The molecule has 0 aliphatic heterocycles. The van der Waals surface area contributed by atoms with Crippen LogP contribution in [0.4, 0.5) is 11.4 Å². The van der Waals surface area contributed by atoms with E-state index in [-0.39, 0.29) is 17.0 Å². The number of hydrogen-bond acceptors (Lipinski definition) is 4. The summed E-state index contributed by atoms with van der Waals surface area (Å²) < 4.78 is 19.8. The third-order valence-electron chi connectivity index (χ3n) is 3.82. The van der Waals surface area contributed by atoms with Crippen molar-refractivity contribution in [2.45, 2.75) is 5.75 Å². The van der Waals surface area contributed by atoms with Gasteiger partial charge in [-0.25, -0.2) is 4.21 Å². The monoisotopic (exact) mass is 401 g/mol. The van der Waals surface area contributed by atoms with Gasteiger partial charge in [-0.05, 0) is 48.0 Å². The Balaban J connectivity index is 1.83. The Labute approximate surface area is 163 Å². The molecule has 6 nitrogen and oxygen atoms in total. The molecule has 138 valence electrons. The van der Waals surface area contributed by atoms with E-state index >= 15 is 0 Å². The number of rotatable bonds is 5. The van der Waals surface area contributed by atoms with Crippen molar-refractivity contribution in [1.82, 2.24) is 4.98 Å². The number of hydrogen-bond donors (Lipinski definition) is 3. The molecular formula is C19H16ClN3O3S. The van der Waals surface area contributed by atoms with Crippen LogP contribution in [0.25, 0.3) is 11.3 Å². The SMILES string of the molecule is Nc1cc(CS(=O)O)ccc1C(=O)Nc1ccc(Cl)c(-c2ccccn2)c1. The van der Waals surface area contributed by atoms with Crippen LogP contribution in [-0.4, -0.2) is 19.7 Å². The zero-order chi connectivity index (χ0) is 19.4. The highest BCUT2D eigenvalue weighted by molar-refractivity contribution is 7.78. The maximum absolute atomic E-state index is 12.6. The standard InChI is InChI=1S/C19H16ClN3O3S/c20-16-7-5-13(10-15(16)18-3-1-2-8-22-18)23-19(24)14-6-4-12(9-17(14)21)11-27(25)26/h1-10H,11,21H2,(H,23,24)(H,25,26). The molecule has 0 saturated carbocycles. The summed E-state index contributed by atoms with van der Waals surface area (Å²) in [6, 6.07) is 15.2. The van der Waals surface area contributed by atoms with Crippen molar-refractivity contribution in [2.24, 2.45) is 0 Å². The summed E-state index contributed by atoms with van der Waals surface area (Å²) in [4.78, 5) is 16.8. The average Bonchev–Trinajstić information content (AvgIpc) is 2.63. The number of carbonyl (C=O) groups excluding carboxylic acids is 1. The number of anilines is 2. The Hall–Kier alpha value is -2.74. The first-order valence-corrected chi connectivity index (χ1v) is 9.57. The molecule has 0 saturated heterocycles. The van der Waals surface area contributed by atoms with Gasteiger partial charge in [-0.2, -0.15) is 0 Å². The number of nitrogens with zero attached hydrogens (tertiary/aromatic N) is 1. The van der Waals surface area contributed by atoms with Crippen LogP contribution in [0.1, 0.15) is 15.9 Å². The van der Waals surface area contributed by atoms with Crippen LogP contribution in [0.15, 0.2) is 60.8 Å². The van der Waals surface area contributed by atoms with E-state index in [1.807, 2.05) is 18.2 Å². The lowest BCUT2D eigenvalue weighted by molar-refractivity contribution is 0.102. The molecule has 8 heteroatoms. The fraction of sp³-hybridized carbons (Fsp3) is 0.0526. The molecule has 0 bridgehead atoms. The molecule has 1 atom stereocenters. The van der Waals surface area contributed by atoms with Gasteiger partial charge in [0.25, 0.3) is 5.91 Å². The smallest absolute Gasteiger partial charge is 0.257 e. The first kappa shape index (κ1) is 19.0. The van der Waals surface area contributed by atoms with E-state index in [9.17, 15) is 9.00 Å². The lowest BCUT2D eigenvalue weighted by Crippen LogP contribution is -2.14. The van der Waals surface area contributed by atoms with E-state index in [2.05, 4.69) is 10.3 Å². The van der Waals surface area contributed by atoms with Gasteiger partial charge in [0.15, 0.2) is 11.1 Å². The molecular weight excluding hydrogens is 386 g/mol. The number of nitrogen functional groups attached to an aromatic ring is 1. The number of benzene rings is 2. The molecule has 0 spiro atoms. The Morgan fingerprint density at radius 1 is 1.19 bits per heavy atom. The summed E-state index contributed by atoms with van der Waals surface area (Å²) in [5.41, 5.74) is 8.95. The Morgan fingerprint density at radius 3 is 2.67 bits per heavy atom. The Morgan fingerprint density at radius 2 is 2.00 bits per heavy atom. The zero-order valence-corrected chi connectivity index (χ0v) is 15.6. The fourth-order valence-corrected chi connectivity index (χ4v) is 3.25. The van der Waals surface area contributed by atoms with E-state index in [0.717, 1.165) is 0 Å². The van der Waals surface area contributed by atoms with Gasteiger partial charge in [0.1, 0.15) is 0 Å². The molecule has 1 amide bonds. The zero-order valence-electron chi connectivity index (χ0n) is 14.1. The number of carbonyl (C=O) groups is 1. The van der Waals surface area contributed by atoms with Crippen molar-refractivity contribution in [3.63, 3.8) is 0 Å². The van der Waals surface area contributed by atoms with Gasteiger partial charge in [0.2, 0.25) is 0 Å². The summed E-state index contributed by atoms with van der Waals surface area (Å²) in [5, 5.41) is 3.30. The van der Waals surface area contributed by atoms with Crippen LogP contribution < -0.4 is 11.1 Å². The number of nitrogens with two attached hydrogens (primary N) is 1. The topological polar surface area (TPSA) is 105 Å². The second-order valence-corrected chi connectivity index (χ2v) is 7.09. The lowest BCUT2D eigenvalue weighted by atomic mass is 10.1. The second-order valence-electron chi connectivity index (χ2n) is 5.75. The molecule has 3 rings (SSSR count). The Bertz CT molecular complexity index is 1010. The highest BCUT2D eigenvalue weighted by Crippen LogP contribution is 2.29. The number of halogens is 1. The lowest BCUT2D eigenvalue weighted by Gasteiger charge is -2.11. The molecule has 2 aromatic carbocycles. The van der Waals surface area contributed by atoms with Crippen LogP contribution in [0.5, 0.6) is 0 Å². The largest absolute Gasteiger partial charge is 0.398 e. The third-order valence-corrected chi connectivity index (χ3v) is 4.73. The molecule has 0 aliphatic rings. The summed E-state index contributed by atoms with van der Waals surface area (Å²) in [5.74, 6) is -0.435. The van der Waals surface area contributed by atoms with E-state index in [4.69, 9.17) is 21.9 Å². The summed E-state index contributed by atoms with van der Waals surface area (Å²) >= 11 is 4.28. The molecule has 0 fully saturated rings. The van der Waals surface area contributed by atoms with Crippen molar-refractivity contribution in [3.8, 4) is 11.3 Å². The molecule has 1 aromatic heterocycles. The molecule has 0 radical (unpaired) electrons. The first-order chi connectivity index (χ1) is 12.9. The highest BCUT2D eigenvalue weighted by Gasteiger charge is 2.13. The van der Waals surface area contributed by atoms with E-state index in [1.54, 1.807) is 30.5 Å². The van der Waals surface area contributed by atoms with Gasteiger partial charge >= 0.3 is 0 Å². The number of aromatic nitrogens is 1. The number of nitrogens with one attached hydrogen (secondary N) is 1. The average molecular weight is 402 g/mol. The maximum atomic E-state index is 12.6. The fourth-order valence-electron chi connectivity index (χ4n) is 2.57. The number of amides is 1. The first-order valence-electron chi connectivity index (χ1n) is 7.92. The predicted octanol–water partition coefficient (Wildman–Crippen LogP) is 3.96. The minimum Gasteiger partial charge on any atom is -0.398 e. The van der Waals surface area contributed by atoms with Crippen molar-refractivity contribution < 1.29 is 13.6 Å². The van der Waals surface area contributed by atoms with Crippen LogP contribution in [0.3, 0.4) is 0 Å². The van der Waals surface area contributed by atoms with Crippen LogP contribution >= 0.6 is 11.6 Å². The van der Waals surface area contributed by atoms with Crippen molar-refractivity contribution in [2.75, 3.05) is 11.1 Å². The molecule has 27 heavy (non-hydrogen) atoms. The van der Waals surface area contributed by atoms with E-state index < -0.39 is 17.0 Å². The minimum absolute atomic E-state index is 0.0449. The predicted molar refractivity (Wildman–Crippen MR) is 108 cm³/mol. The van der Waals surface area contributed by atoms with Crippen LogP contribution in [0.2, 0.25) is 5.02 Å². The van der Waals surface area contributed by atoms with E-state index in [1.165, 1.54) is 12.1 Å². The third kappa shape index (κ3) is 4.71.